The number of ether oxygens (including phenoxy) is 1. The normalized spacial score (nSPS) is 18.7. The molecule has 3 nitrogen and oxygen atoms in total. The van der Waals surface area contributed by atoms with Crippen molar-refractivity contribution in [1.29, 1.82) is 0 Å². The molecule has 0 unspecified atom stereocenters. The van der Waals surface area contributed by atoms with Crippen LogP contribution in [0.1, 0.15) is 32.3 Å². The number of carbonyl (C=O) groups is 1. The molecule has 3 heteroatoms. The second-order valence-electron chi connectivity index (χ2n) is 5.60. The highest BCUT2D eigenvalue weighted by Crippen LogP contribution is 2.23. The van der Waals surface area contributed by atoms with Crippen molar-refractivity contribution in [2.24, 2.45) is 5.92 Å². The Morgan fingerprint density at radius 1 is 1.30 bits per heavy atom. The summed E-state index contributed by atoms with van der Waals surface area (Å²) >= 11 is 0. The zero-order valence-electron chi connectivity index (χ0n) is 12.5. The van der Waals surface area contributed by atoms with Gasteiger partial charge in [0.15, 0.2) is 0 Å². The third-order valence-corrected chi connectivity index (χ3v) is 4.19. The molecule has 1 aromatic rings. The van der Waals surface area contributed by atoms with E-state index in [0.717, 1.165) is 25.4 Å². The molecule has 2 rings (SSSR count). The summed E-state index contributed by atoms with van der Waals surface area (Å²) in [5, 5.41) is 0. The first-order chi connectivity index (χ1) is 9.70. The summed E-state index contributed by atoms with van der Waals surface area (Å²) in [5.41, 5.74) is 1.42. The highest BCUT2D eigenvalue weighted by atomic mass is 16.5. The summed E-state index contributed by atoms with van der Waals surface area (Å²) < 4.78 is 5.10. The van der Waals surface area contributed by atoms with E-state index in [4.69, 9.17) is 4.74 Å². The van der Waals surface area contributed by atoms with Crippen molar-refractivity contribution < 1.29 is 9.53 Å². The van der Waals surface area contributed by atoms with Crippen LogP contribution in [0, 0.1) is 5.92 Å². The Bertz CT molecular complexity index is 410. The fourth-order valence-corrected chi connectivity index (χ4v) is 2.90. The maximum absolute atomic E-state index is 11.8. The Hall–Kier alpha value is -1.35. The van der Waals surface area contributed by atoms with Crippen LogP contribution >= 0.6 is 0 Å². The minimum Gasteiger partial charge on any atom is -0.465 e. The Kier molecular flexibility index (Phi) is 5.60. The lowest BCUT2D eigenvalue weighted by Crippen LogP contribution is -2.44. The average molecular weight is 275 g/mol. The van der Waals surface area contributed by atoms with Gasteiger partial charge in [0.25, 0.3) is 0 Å². The van der Waals surface area contributed by atoms with Crippen LogP contribution in [0.3, 0.4) is 0 Å². The van der Waals surface area contributed by atoms with Gasteiger partial charge in [0.1, 0.15) is 6.04 Å². The van der Waals surface area contributed by atoms with Crippen molar-refractivity contribution in [3.8, 4) is 0 Å². The van der Waals surface area contributed by atoms with E-state index in [1.165, 1.54) is 18.4 Å². The average Bonchev–Trinajstić information content (AvgIpc) is 2.48. The van der Waals surface area contributed by atoms with Crippen molar-refractivity contribution >= 4 is 5.97 Å². The van der Waals surface area contributed by atoms with Gasteiger partial charge in [-0.15, -0.1) is 0 Å². The van der Waals surface area contributed by atoms with E-state index in [2.05, 4.69) is 35.2 Å². The molecule has 1 saturated heterocycles. The molecule has 0 aromatic heterocycles. The van der Waals surface area contributed by atoms with Crippen LogP contribution in [-0.2, 0) is 16.0 Å². The van der Waals surface area contributed by atoms with E-state index >= 15 is 0 Å². The van der Waals surface area contributed by atoms with Crippen LogP contribution in [0.5, 0.6) is 0 Å². The van der Waals surface area contributed by atoms with Crippen LogP contribution in [0.4, 0.5) is 0 Å². The first kappa shape index (κ1) is 15.0. The lowest BCUT2D eigenvalue weighted by molar-refractivity contribution is -0.149. The van der Waals surface area contributed by atoms with Crippen LogP contribution < -0.4 is 0 Å². The van der Waals surface area contributed by atoms with Gasteiger partial charge in [0, 0.05) is 0 Å². The number of rotatable bonds is 5. The van der Waals surface area contributed by atoms with Gasteiger partial charge in [-0.1, -0.05) is 30.3 Å². The lowest BCUT2D eigenvalue weighted by atomic mass is 9.89. The van der Waals surface area contributed by atoms with Crippen LogP contribution in [-0.4, -0.2) is 36.6 Å². The molecular weight excluding hydrogens is 250 g/mol. The van der Waals surface area contributed by atoms with Gasteiger partial charge in [-0.25, -0.2) is 0 Å². The molecule has 1 aliphatic rings. The monoisotopic (exact) mass is 275 g/mol. The van der Waals surface area contributed by atoms with Gasteiger partial charge < -0.3 is 4.74 Å². The molecule has 110 valence electrons. The van der Waals surface area contributed by atoms with E-state index < -0.39 is 0 Å². The van der Waals surface area contributed by atoms with Crippen LogP contribution in [0.25, 0.3) is 0 Å². The summed E-state index contributed by atoms with van der Waals surface area (Å²) in [4.78, 5) is 14.0. The Morgan fingerprint density at radius 2 is 1.95 bits per heavy atom. The van der Waals surface area contributed by atoms with Gasteiger partial charge in [0.05, 0.1) is 6.61 Å². The number of likely N-dealkylation sites (tertiary alicyclic amines) is 1. The maximum atomic E-state index is 11.8. The molecule has 1 atom stereocenters. The molecule has 0 aliphatic carbocycles. The zero-order chi connectivity index (χ0) is 14.4. The van der Waals surface area contributed by atoms with Gasteiger partial charge in [-0.05, 0) is 57.7 Å². The summed E-state index contributed by atoms with van der Waals surface area (Å²) in [7, 11) is 0. The minimum atomic E-state index is -0.104. The third kappa shape index (κ3) is 4.07. The number of hydrogen-bond acceptors (Lipinski definition) is 3. The van der Waals surface area contributed by atoms with Gasteiger partial charge in [-0.2, -0.15) is 0 Å². The Labute approximate surface area is 121 Å². The Balaban J connectivity index is 1.79. The first-order valence-corrected chi connectivity index (χ1v) is 7.65. The standard InChI is InChI=1S/C17H25NO2/c1-3-20-17(19)14(2)18-11-9-16(10-12-18)13-15-7-5-4-6-8-15/h4-8,14,16H,3,9-13H2,1-2H3/t14-/m1/s1. The van der Waals surface area contributed by atoms with Crippen molar-refractivity contribution in [2.75, 3.05) is 19.7 Å². The molecule has 0 N–H and O–H groups in total. The zero-order valence-corrected chi connectivity index (χ0v) is 12.5. The first-order valence-electron chi connectivity index (χ1n) is 7.65. The summed E-state index contributed by atoms with van der Waals surface area (Å²) in [6, 6.07) is 10.6. The predicted octanol–water partition coefficient (Wildman–Crippen LogP) is 2.89. The fraction of sp³-hybridized carbons (Fsp3) is 0.588. The SMILES string of the molecule is CCOC(=O)[C@@H](C)N1CCC(Cc2ccccc2)CC1. The highest BCUT2D eigenvalue weighted by molar-refractivity contribution is 5.75. The van der Waals surface area contributed by atoms with Crippen LogP contribution in [0.2, 0.25) is 0 Å². The van der Waals surface area contributed by atoms with E-state index in [9.17, 15) is 4.79 Å². The number of benzene rings is 1. The molecule has 0 amide bonds. The van der Waals surface area contributed by atoms with Gasteiger partial charge in [-0.3, -0.25) is 9.69 Å². The summed E-state index contributed by atoms with van der Waals surface area (Å²) in [5.74, 6) is 0.650. The topological polar surface area (TPSA) is 29.5 Å². The van der Waals surface area contributed by atoms with Gasteiger partial charge >= 0.3 is 5.97 Å². The van der Waals surface area contributed by atoms with Crippen LogP contribution in [0.15, 0.2) is 30.3 Å². The third-order valence-electron chi connectivity index (χ3n) is 4.19. The molecule has 20 heavy (non-hydrogen) atoms. The van der Waals surface area contributed by atoms with Crippen molar-refractivity contribution in [3.63, 3.8) is 0 Å². The fourth-order valence-electron chi connectivity index (χ4n) is 2.90. The molecule has 1 heterocycles. The molecular formula is C17H25NO2. The molecule has 1 aromatic carbocycles. The second kappa shape index (κ2) is 7.44. The molecule has 1 aliphatic heterocycles. The number of nitrogens with zero attached hydrogens (tertiary/aromatic N) is 1. The number of carbonyl (C=O) groups excluding carboxylic acids is 1. The van der Waals surface area contributed by atoms with E-state index in [-0.39, 0.29) is 12.0 Å². The van der Waals surface area contributed by atoms with E-state index in [1.54, 1.807) is 0 Å². The lowest BCUT2D eigenvalue weighted by Gasteiger charge is -2.34. The van der Waals surface area contributed by atoms with Gasteiger partial charge in [0.2, 0.25) is 0 Å². The molecule has 0 saturated carbocycles. The number of hydrogen-bond donors (Lipinski definition) is 0. The quantitative estimate of drug-likeness (QED) is 0.774. The van der Waals surface area contributed by atoms with Crippen molar-refractivity contribution in [2.45, 2.75) is 39.2 Å². The summed E-state index contributed by atoms with van der Waals surface area (Å²) in [6.45, 7) is 6.27. The molecule has 0 radical (unpaired) electrons. The Morgan fingerprint density at radius 3 is 2.55 bits per heavy atom. The summed E-state index contributed by atoms with van der Waals surface area (Å²) in [6.07, 6.45) is 3.49. The van der Waals surface area contributed by atoms with Crippen molar-refractivity contribution in [3.05, 3.63) is 35.9 Å². The molecule has 1 fully saturated rings. The number of esters is 1. The van der Waals surface area contributed by atoms with E-state index in [0.29, 0.717) is 6.61 Å². The smallest absolute Gasteiger partial charge is 0.323 e. The van der Waals surface area contributed by atoms with Crippen molar-refractivity contribution in [1.82, 2.24) is 4.90 Å². The second-order valence-corrected chi connectivity index (χ2v) is 5.60. The minimum absolute atomic E-state index is 0.0889. The maximum Gasteiger partial charge on any atom is 0.323 e. The molecule has 0 spiro atoms. The number of piperidine rings is 1. The largest absolute Gasteiger partial charge is 0.465 e. The molecule has 0 bridgehead atoms. The van der Waals surface area contributed by atoms with E-state index in [1.807, 2.05) is 13.8 Å². The predicted molar refractivity (Wildman–Crippen MR) is 80.5 cm³/mol. The highest BCUT2D eigenvalue weighted by Gasteiger charge is 2.27.